The van der Waals surface area contributed by atoms with Crippen molar-refractivity contribution in [3.8, 4) is 0 Å². The van der Waals surface area contributed by atoms with Crippen LogP contribution >= 0.6 is 0 Å². The van der Waals surface area contributed by atoms with Crippen LogP contribution in [0, 0.1) is 0 Å². The van der Waals surface area contributed by atoms with Gasteiger partial charge in [0.1, 0.15) is 0 Å². The predicted octanol–water partition coefficient (Wildman–Crippen LogP) is 1.29. The fourth-order valence-electron chi connectivity index (χ4n) is 2.70. The molecule has 0 amide bonds. The summed E-state index contributed by atoms with van der Waals surface area (Å²) in [7, 11) is 0. The summed E-state index contributed by atoms with van der Waals surface area (Å²) in [5.74, 6) is -0.786. The summed E-state index contributed by atoms with van der Waals surface area (Å²) in [6.45, 7) is 1.78. The summed E-state index contributed by atoms with van der Waals surface area (Å²) in [5, 5.41) is 8.71. The molecule has 2 saturated heterocycles. The molecule has 90 valence electrons. The van der Waals surface area contributed by atoms with Gasteiger partial charge < -0.3 is 14.7 Å². The molecule has 17 heavy (non-hydrogen) atoms. The third-order valence-electron chi connectivity index (χ3n) is 3.52. The lowest BCUT2D eigenvalue weighted by molar-refractivity contribution is -0.136. The Labute approximate surface area is 99.8 Å². The zero-order chi connectivity index (χ0) is 11.8. The molecule has 2 heterocycles. The van der Waals surface area contributed by atoms with Crippen LogP contribution in [0.5, 0.6) is 0 Å². The Morgan fingerprint density at radius 1 is 1.41 bits per heavy atom. The Hall–Kier alpha value is -1.55. The molecule has 0 aliphatic carbocycles. The van der Waals surface area contributed by atoms with E-state index >= 15 is 0 Å². The number of nitrogens with zero attached hydrogens (tertiary/aromatic N) is 1. The summed E-state index contributed by atoms with van der Waals surface area (Å²) >= 11 is 0. The molecule has 2 atom stereocenters. The molecule has 0 saturated carbocycles. The Balaban J connectivity index is 1.74. The molecule has 2 unspecified atom stereocenters. The van der Waals surface area contributed by atoms with Crippen LogP contribution < -0.4 is 4.90 Å². The maximum Gasteiger partial charge on any atom is 0.307 e. The first-order chi connectivity index (χ1) is 8.22. The number of ether oxygens (including phenoxy) is 1. The monoisotopic (exact) mass is 233 g/mol. The molecule has 0 spiro atoms. The Morgan fingerprint density at radius 3 is 2.71 bits per heavy atom. The highest BCUT2D eigenvalue weighted by atomic mass is 16.5. The third-order valence-corrected chi connectivity index (χ3v) is 3.52. The Kier molecular flexibility index (Phi) is 2.52. The minimum atomic E-state index is -0.786. The van der Waals surface area contributed by atoms with Gasteiger partial charge in [0, 0.05) is 12.2 Å². The summed E-state index contributed by atoms with van der Waals surface area (Å²) in [6, 6.07) is 8.33. The maximum atomic E-state index is 10.6. The summed E-state index contributed by atoms with van der Waals surface area (Å²) in [4.78, 5) is 12.9. The predicted molar refractivity (Wildman–Crippen MR) is 63.3 cm³/mol. The van der Waals surface area contributed by atoms with Gasteiger partial charge in [-0.2, -0.15) is 0 Å². The normalized spacial score (nSPS) is 26.5. The van der Waals surface area contributed by atoms with Crippen molar-refractivity contribution in [1.29, 1.82) is 0 Å². The van der Waals surface area contributed by atoms with Gasteiger partial charge in [0.2, 0.25) is 0 Å². The van der Waals surface area contributed by atoms with Gasteiger partial charge in [-0.05, 0) is 24.1 Å². The zero-order valence-corrected chi connectivity index (χ0v) is 9.50. The average molecular weight is 233 g/mol. The van der Waals surface area contributed by atoms with Crippen LogP contribution in [0.2, 0.25) is 0 Å². The van der Waals surface area contributed by atoms with Crippen LogP contribution in [0.1, 0.15) is 12.0 Å². The van der Waals surface area contributed by atoms with E-state index in [1.54, 1.807) is 0 Å². The third kappa shape index (κ3) is 2.00. The first kappa shape index (κ1) is 10.6. The van der Waals surface area contributed by atoms with Gasteiger partial charge >= 0.3 is 5.97 Å². The van der Waals surface area contributed by atoms with Crippen LogP contribution in [0.25, 0.3) is 0 Å². The van der Waals surface area contributed by atoms with Gasteiger partial charge in [0.05, 0.1) is 25.2 Å². The minimum absolute atomic E-state index is 0.0927. The zero-order valence-electron chi connectivity index (χ0n) is 9.50. The van der Waals surface area contributed by atoms with E-state index in [1.807, 2.05) is 24.3 Å². The molecule has 4 heteroatoms. The van der Waals surface area contributed by atoms with Gasteiger partial charge in [0.15, 0.2) is 0 Å². The van der Waals surface area contributed by atoms with Gasteiger partial charge in [0.25, 0.3) is 0 Å². The van der Waals surface area contributed by atoms with Crippen LogP contribution in [0.4, 0.5) is 5.69 Å². The number of rotatable bonds is 3. The Morgan fingerprint density at radius 2 is 2.18 bits per heavy atom. The molecule has 0 radical (unpaired) electrons. The second-order valence-corrected chi connectivity index (χ2v) is 4.73. The van der Waals surface area contributed by atoms with Gasteiger partial charge in [-0.15, -0.1) is 0 Å². The molecular weight excluding hydrogens is 218 g/mol. The SMILES string of the molecule is O=C(O)Cc1ccc(N2CC3CC2CO3)cc1. The molecule has 1 aromatic carbocycles. The molecular formula is C13H15NO3. The van der Waals surface area contributed by atoms with Crippen molar-refractivity contribution in [2.45, 2.75) is 25.0 Å². The number of anilines is 1. The van der Waals surface area contributed by atoms with Crippen molar-refractivity contribution in [1.82, 2.24) is 0 Å². The van der Waals surface area contributed by atoms with E-state index in [2.05, 4.69) is 4.90 Å². The second-order valence-electron chi connectivity index (χ2n) is 4.73. The fourth-order valence-corrected chi connectivity index (χ4v) is 2.70. The van der Waals surface area contributed by atoms with Gasteiger partial charge in [-0.1, -0.05) is 12.1 Å². The number of aliphatic carboxylic acids is 1. The number of carbonyl (C=O) groups is 1. The Bertz CT molecular complexity index is 429. The fraction of sp³-hybridized carbons (Fsp3) is 0.462. The molecule has 4 nitrogen and oxygen atoms in total. The molecule has 0 aromatic heterocycles. The van der Waals surface area contributed by atoms with E-state index in [-0.39, 0.29) is 6.42 Å². The molecule has 1 N–H and O–H groups in total. The lowest BCUT2D eigenvalue weighted by Crippen LogP contribution is -2.36. The number of benzene rings is 1. The van der Waals surface area contributed by atoms with Crippen molar-refractivity contribution in [3.05, 3.63) is 29.8 Å². The number of fused-ring (bicyclic) bond motifs is 2. The number of hydrogen-bond donors (Lipinski definition) is 1. The summed E-state index contributed by atoms with van der Waals surface area (Å²) < 4.78 is 5.56. The molecule has 1 aromatic rings. The number of carboxylic acid groups (broad SMARTS) is 1. The first-order valence-corrected chi connectivity index (χ1v) is 5.91. The number of carboxylic acids is 1. The van der Waals surface area contributed by atoms with Crippen LogP contribution in [0.3, 0.4) is 0 Å². The van der Waals surface area contributed by atoms with E-state index in [0.29, 0.717) is 12.1 Å². The van der Waals surface area contributed by atoms with E-state index < -0.39 is 5.97 Å². The highest BCUT2D eigenvalue weighted by Crippen LogP contribution is 2.32. The van der Waals surface area contributed by atoms with Crippen LogP contribution in [-0.2, 0) is 16.0 Å². The van der Waals surface area contributed by atoms with Crippen LogP contribution in [-0.4, -0.2) is 36.4 Å². The van der Waals surface area contributed by atoms with Gasteiger partial charge in [-0.3, -0.25) is 4.79 Å². The van der Waals surface area contributed by atoms with Crippen molar-refractivity contribution in [2.24, 2.45) is 0 Å². The highest BCUT2D eigenvalue weighted by molar-refractivity contribution is 5.70. The van der Waals surface area contributed by atoms with E-state index in [0.717, 1.165) is 25.1 Å². The van der Waals surface area contributed by atoms with Crippen LogP contribution in [0.15, 0.2) is 24.3 Å². The van der Waals surface area contributed by atoms with Gasteiger partial charge in [-0.25, -0.2) is 0 Å². The van der Waals surface area contributed by atoms with E-state index in [4.69, 9.17) is 9.84 Å². The van der Waals surface area contributed by atoms with Crippen molar-refractivity contribution < 1.29 is 14.6 Å². The van der Waals surface area contributed by atoms with E-state index in [9.17, 15) is 4.79 Å². The summed E-state index contributed by atoms with van der Waals surface area (Å²) in [6.07, 6.45) is 1.60. The summed E-state index contributed by atoms with van der Waals surface area (Å²) in [5.41, 5.74) is 2.02. The molecule has 2 aliphatic rings. The van der Waals surface area contributed by atoms with Crippen molar-refractivity contribution in [2.75, 3.05) is 18.1 Å². The average Bonchev–Trinajstić information content (AvgIpc) is 2.91. The van der Waals surface area contributed by atoms with Crippen molar-refractivity contribution >= 4 is 11.7 Å². The number of hydrogen-bond acceptors (Lipinski definition) is 3. The lowest BCUT2D eigenvalue weighted by atomic mass is 10.1. The first-order valence-electron chi connectivity index (χ1n) is 5.91. The lowest BCUT2D eigenvalue weighted by Gasteiger charge is -2.29. The largest absolute Gasteiger partial charge is 0.481 e. The quantitative estimate of drug-likeness (QED) is 0.854. The smallest absolute Gasteiger partial charge is 0.307 e. The molecule has 2 fully saturated rings. The highest BCUT2D eigenvalue weighted by Gasteiger charge is 2.38. The van der Waals surface area contributed by atoms with Crippen molar-refractivity contribution in [3.63, 3.8) is 0 Å². The minimum Gasteiger partial charge on any atom is -0.481 e. The van der Waals surface area contributed by atoms with E-state index in [1.165, 1.54) is 5.69 Å². The molecule has 2 aliphatic heterocycles. The topological polar surface area (TPSA) is 49.8 Å². The standard InChI is InChI=1S/C13H15NO3/c15-13(16)5-9-1-3-10(4-2-9)14-7-12-6-11(14)8-17-12/h1-4,11-12H,5-8H2,(H,15,16). The number of morpholine rings is 1. The molecule has 3 rings (SSSR count). The second kappa shape index (κ2) is 4.04. The maximum absolute atomic E-state index is 10.6. The molecule has 2 bridgehead atoms.